The third kappa shape index (κ3) is 3.46. The number of likely N-dealkylation sites (tertiary alicyclic amines) is 1. The normalized spacial score (nSPS) is 20.4. The van der Waals surface area contributed by atoms with Crippen LogP contribution in [0.4, 0.5) is 0 Å². The summed E-state index contributed by atoms with van der Waals surface area (Å²) in [5.74, 6) is 0.121. The molecule has 6 nitrogen and oxygen atoms in total. The van der Waals surface area contributed by atoms with E-state index in [1.54, 1.807) is 15.9 Å². The van der Waals surface area contributed by atoms with Crippen LogP contribution in [0.25, 0.3) is 10.8 Å². The summed E-state index contributed by atoms with van der Waals surface area (Å²) >= 11 is 0. The average molecular weight is 350 g/mol. The van der Waals surface area contributed by atoms with E-state index in [9.17, 15) is 9.90 Å². The smallest absolute Gasteiger partial charge is 0.224 e. The minimum absolute atomic E-state index is 0.0523. The maximum Gasteiger partial charge on any atom is 0.224 e. The van der Waals surface area contributed by atoms with Crippen LogP contribution < -0.4 is 0 Å². The molecule has 3 aromatic rings. The van der Waals surface area contributed by atoms with Crippen molar-refractivity contribution in [2.24, 2.45) is 0 Å². The Kier molecular flexibility index (Phi) is 4.67. The molecule has 2 heterocycles. The Bertz CT molecular complexity index is 894. The Balaban J connectivity index is 1.40. The van der Waals surface area contributed by atoms with Gasteiger partial charge in [0.25, 0.3) is 0 Å². The fourth-order valence-corrected chi connectivity index (χ4v) is 3.70. The van der Waals surface area contributed by atoms with Gasteiger partial charge in [0.15, 0.2) is 0 Å². The second-order valence-electron chi connectivity index (χ2n) is 6.82. The summed E-state index contributed by atoms with van der Waals surface area (Å²) in [6, 6.07) is 14.6. The Morgan fingerprint density at radius 3 is 2.81 bits per heavy atom. The summed E-state index contributed by atoms with van der Waals surface area (Å²) in [4.78, 5) is 18.0. The van der Waals surface area contributed by atoms with E-state index in [1.165, 1.54) is 17.1 Å². The summed E-state index contributed by atoms with van der Waals surface area (Å²) in [7, 11) is 0. The molecule has 1 aromatic heterocycles. The van der Waals surface area contributed by atoms with Crippen LogP contribution in [0.2, 0.25) is 0 Å². The van der Waals surface area contributed by atoms with Crippen molar-refractivity contribution >= 4 is 16.7 Å². The molecule has 134 valence electrons. The van der Waals surface area contributed by atoms with Gasteiger partial charge in [-0.05, 0) is 22.8 Å². The minimum atomic E-state index is -0.541. The van der Waals surface area contributed by atoms with Crippen LogP contribution >= 0.6 is 0 Å². The third-order valence-corrected chi connectivity index (χ3v) is 5.16. The molecule has 1 fully saturated rings. The van der Waals surface area contributed by atoms with E-state index in [0.29, 0.717) is 26.1 Å². The highest BCUT2D eigenvalue weighted by Gasteiger charge is 2.31. The van der Waals surface area contributed by atoms with Crippen molar-refractivity contribution in [3.8, 4) is 0 Å². The van der Waals surface area contributed by atoms with E-state index in [-0.39, 0.29) is 11.8 Å². The number of aromatic nitrogens is 3. The van der Waals surface area contributed by atoms with E-state index in [4.69, 9.17) is 0 Å². The number of aliphatic hydroxyl groups excluding tert-OH is 1. The van der Waals surface area contributed by atoms with Gasteiger partial charge in [0.2, 0.25) is 5.91 Å². The fourth-order valence-electron chi connectivity index (χ4n) is 3.70. The van der Waals surface area contributed by atoms with E-state index < -0.39 is 6.10 Å². The number of aryl methyl sites for hydroxylation is 1. The zero-order chi connectivity index (χ0) is 17.9. The number of aliphatic hydroxyl groups is 1. The molecular weight excluding hydrogens is 328 g/mol. The first-order valence-corrected chi connectivity index (χ1v) is 8.97. The molecule has 0 bridgehead atoms. The molecular formula is C20H22N4O2. The van der Waals surface area contributed by atoms with Gasteiger partial charge in [-0.3, -0.25) is 9.48 Å². The van der Waals surface area contributed by atoms with Crippen molar-refractivity contribution in [2.45, 2.75) is 31.4 Å². The maximum absolute atomic E-state index is 12.4. The predicted octanol–water partition coefficient (Wildman–Crippen LogP) is 2.20. The van der Waals surface area contributed by atoms with Gasteiger partial charge in [0.1, 0.15) is 12.7 Å². The monoisotopic (exact) mass is 350 g/mol. The standard InChI is InChI=1S/C20H22N4O2/c25-19-12-23(20(26)8-10-24-14-21-13-22-24)9-7-18(19)17-6-5-15-3-1-2-4-16(15)11-17/h1-6,11,13-14,18-19,25H,7-10,12H2/t18-,19+/m0/s1. The van der Waals surface area contributed by atoms with E-state index in [2.05, 4.69) is 40.4 Å². The van der Waals surface area contributed by atoms with Gasteiger partial charge >= 0.3 is 0 Å². The highest BCUT2D eigenvalue weighted by atomic mass is 16.3. The Morgan fingerprint density at radius 1 is 1.19 bits per heavy atom. The van der Waals surface area contributed by atoms with Gasteiger partial charge in [-0.15, -0.1) is 0 Å². The average Bonchev–Trinajstić information content (AvgIpc) is 3.19. The van der Waals surface area contributed by atoms with Crippen LogP contribution in [0.3, 0.4) is 0 Å². The zero-order valence-electron chi connectivity index (χ0n) is 14.5. The summed E-state index contributed by atoms with van der Waals surface area (Å²) < 4.78 is 1.65. The molecule has 26 heavy (non-hydrogen) atoms. The van der Waals surface area contributed by atoms with E-state index >= 15 is 0 Å². The number of hydrogen-bond donors (Lipinski definition) is 1. The largest absolute Gasteiger partial charge is 0.391 e. The molecule has 1 N–H and O–H groups in total. The van der Waals surface area contributed by atoms with Crippen molar-refractivity contribution in [1.82, 2.24) is 19.7 Å². The lowest BCUT2D eigenvalue weighted by Gasteiger charge is -2.36. The zero-order valence-corrected chi connectivity index (χ0v) is 14.5. The number of carbonyl (C=O) groups excluding carboxylic acids is 1. The van der Waals surface area contributed by atoms with Gasteiger partial charge < -0.3 is 10.0 Å². The number of rotatable bonds is 4. The van der Waals surface area contributed by atoms with E-state index in [1.807, 2.05) is 12.1 Å². The summed E-state index contributed by atoms with van der Waals surface area (Å²) in [6.45, 7) is 1.57. The molecule has 0 unspecified atom stereocenters. The predicted molar refractivity (Wildman–Crippen MR) is 98.5 cm³/mol. The SMILES string of the molecule is O=C(CCn1cncn1)N1CC[C@@H](c2ccc3ccccc3c2)[C@H](O)C1. The number of benzene rings is 2. The van der Waals surface area contributed by atoms with Crippen molar-refractivity contribution in [1.29, 1.82) is 0 Å². The quantitative estimate of drug-likeness (QED) is 0.783. The third-order valence-electron chi connectivity index (χ3n) is 5.16. The van der Waals surface area contributed by atoms with Crippen molar-refractivity contribution in [2.75, 3.05) is 13.1 Å². The molecule has 1 saturated heterocycles. The number of carbonyl (C=O) groups is 1. The number of β-amino-alcohol motifs (C(OH)–C–C–N with tert-alkyl or cyclic N) is 1. The molecule has 4 rings (SSSR count). The molecule has 1 amide bonds. The minimum Gasteiger partial charge on any atom is -0.391 e. The lowest BCUT2D eigenvalue weighted by atomic mass is 9.86. The van der Waals surface area contributed by atoms with Gasteiger partial charge in [-0.25, -0.2) is 4.98 Å². The first-order chi connectivity index (χ1) is 12.7. The lowest BCUT2D eigenvalue weighted by Crippen LogP contribution is -2.45. The molecule has 0 radical (unpaired) electrons. The second-order valence-corrected chi connectivity index (χ2v) is 6.82. The number of piperidine rings is 1. The first kappa shape index (κ1) is 16.7. The lowest BCUT2D eigenvalue weighted by molar-refractivity contribution is -0.135. The number of hydrogen-bond acceptors (Lipinski definition) is 4. The molecule has 2 aromatic carbocycles. The molecule has 1 aliphatic heterocycles. The first-order valence-electron chi connectivity index (χ1n) is 8.97. The van der Waals surface area contributed by atoms with E-state index in [0.717, 1.165) is 12.0 Å². The Morgan fingerprint density at radius 2 is 2.04 bits per heavy atom. The van der Waals surface area contributed by atoms with Crippen LogP contribution in [0.1, 0.15) is 24.3 Å². The van der Waals surface area contributed by atoms with Crippen LogP contribution in [-0.2, 0) is 11.3 Å². The van der Waals surface area contributed by atoms with Crippen LogP contribution in [0, 0.1) is 0 Å². The Hall–Kier alpha value is -2.73. The Labute approximate surface area is 152 Å². The highest BCUT2D eigenvalue weighted by Crippen LogP contribution is 2.30. The van der Waals surface area contributed by atoms with Gasteiger partial charge in [0, 0.05) is 25.4 Å². The molecule has 0 spiro atoms. The maximum atomic E-state index is 12.4. The summed E-state index contributed by atoms with van der Waals surface area (Å²) in [5.41, 5.74) is 1.14. The number of amides is 1. The van der Waals surface area contributed by atoms with Gasteiger partial charge in [0.05, 0.1) is 12.6 Å². The van der Waals surface area contributed by atoms with Crippen molar-refractivity contribution < 1.29 is 9.90 Å². The van der Waals surface area contributed by atoms with Crippen LogP contribution in [0.15, 0.2) is 55.1 Å². The van der Waals surface area contributed by atoms with Crippen LogP contribution in [0.5, 0.6) is 0 Å². The molecule has 1 aliphatic rings. The van der Waals surface area contributed by atoms with Gasteiger partial charge in [-0.1, -0.05) is 42.5 Å². The topological polar surface area (TPSA) is 71.2 Å². The molecule has 0 aliphatic carbocycles. The second kappa shape index (κ2) is 7.25. The fraction of sp³-hybridized carbons (Fsp3) is 0.350. The summed E-state index contributed by atoms with van der Waals surface area (Å²) in [5, 5.41) is 17.0. The van der Waals surface area contributed by atoms with Crippen molar-refractivity contribution in [3.63, 3.8) is 0 Å². The summed E-state index contributed by atoms with van der Waals surface area (Å²) in [6.07, 6.45) is 3.67. The highest BCUT2D eigenvalue weighted by molar-refractivity contribution is 5.83. The number of fused-ring (bicyclic) bond motifs is 1. The molecule has 0 saturated carbocycles. The van der Waals surface area contributed by atoms with Crippen molar-refractivity contribution in [3.05, 3.63) is 60.7 Å². The van der Waals surface area contributed by atoms with Gasteiger partial charge in [-0.2, -0.15) is 5.10 Å². The molecule has 2 atom stereocenters. The number of nitrogens with zero attached hydrogens (tertiary/aromatic N) is 4. The molecule has 6 heteroatoms. The van der Waals surface area contributed by atoms with Crippen LogP contribution in [-0.4, -0.2) is 49.9 Å².